The molecule has 2 unspecified atom stereocenters. The number of unbranched alkanes of at least 4 members (excludes halogenated alkanes) is 29. The summed E-state index contributed by atoms with van der Waals surface area (Å²) < 4.78 is 24.9. The van der Waals surface area contributed by atoms with E-state index >= 15 is 0 Å². The van der Waals surface area contributed by atoms with E-state index in [0.29, 0.717) is 18.6 Å². The van der Waals surface area contributed by atoms with Crippen LogP contribution < -0.4 is 0 Å². The topological polar surface area (TPSA) is 76.0 Å². The van der Waals surface area contributed by atoms with Gasteiger partial charge in [-0.05, 0) is 46.8 Å². The number of benzene rings is 1. The van der Waals surface area contributed by atoms with E-state index in [0.717, 1.165) is 48.8 Å². The van der Waals surface area contributed by atoms with Crippen molar-refractivity contribution >= 4 is 7.82 Å². The molecular formula is C51H97O5P. The second-order valence-corrected chi connectivity index (χ2v) is 21.2. The van der Waals surface area contributed by atoms with Crippen LogP contribution in [0.1, 0.15) is 278 Å². The summed E-state index contributed by atoms with van der Waals surface area (Å²) in [5.74, 6) is 0.355. The van der Waals surface area contributed by atoms with Crippen LogP contribution in [0, 0.1) is 0 Å². The van der Waals surface area contributed by atoms with Gasteiger partial charge in [0.15, 0.2) is 0 Å². The highest BCUT2D eigenvalue weighted by Crippen LogP contribution is 2.47. The highest BCUT2D eigenvalue weighted by Gasteiger charge is 2.30. The Labute approximate surface area is 355 Å². The molecule has 1 aromatic carbocycles. The van der Waals surface area contributed by atoms with Crippen LogP contribution in [-0.4, -0.2) is 22.7 Å². The van der Waals surface area contributed by atoms with Crippen LogP contribution in [0.4, 0.5) is 0 Å². The number of phosphoric ester groups is 1. The third kappa shape index (κ3) is 29.1. The molecule has 5 nitrogen and oxygen atoms in total. The summed E-state index contributed by atoms with van der Waals surface area (Å²) in [4.78, 5) is 10.9. The molecule has 2 atom stereocenters. The summed E-state index contributed by atoms with van der Waals surface area (Å²) in [6.07, 6.45) is 41.0. The zero-order valence-corrected chi connectivity index (χ0v) is 40.2. The molecule has 0 saturated heterocycles. The van der Waals surface area contributed by atoms with E-state index in [1.165, 1.54) is 167 Å². The van der Waals surface area contributed by atoms with Crippen LogP contribution in [-0.2, 0) is 30.9 Å². The average Bonchev–Trinajstić information content (AvgIpc) is 3.14. The van der Waals surface area contributed by atoms with Crippen molar-refractivity contribution in [1.82, 2.24) is 0 Å². The van der Waals surface area contributed by atoms with Crippen LogP contribution in [0.2, 0.25) is 0 Å². The Kier molecular flexibility index (Phi) is 31.2. The molecular weight excluding hydrogens is 724 g/mol. The lowest BCUT2D eigenvalue weighted by Gasteiger charge is -2.29. The van der Waals surface area contributed by atoms with Gasteiger partial charge in [0.25, 0.3) is 0 Å². The molecule has 6 heteroatoms. The predicted molar refractivity (Wildman–Crippen MR) is 249 cm³/mol. The fourth-order valence-electron chi connectivity index (χ4n) is 8.20. The number of rotatable bonds is 38. The van der Waals surface area contributed by atoms with Crippen LogP contribution in [0.5, 0.6) is 5.75 Å². The van der Waals surface area contributed by atoms with Crippen LogP contribution in [0.25, 0.3) is 0 Å². The molecule has 0 aliphatic heterocycles. The highest BCUT2D eigenvalue weighted by molar-refractivity contribution is 7.47. The first kappa shape index (κ1) is 54.1. The Bertz CT molecular complexity index is 1100. The van der Waals surface area contributed by atoms with Gasteiger partial charge in [-0.3, -0.25) is 9.05 Å². The Morgan fingerprint density at radius 2 is 0.807 bits per heavy atom. The summed E-state index contributed by atoms with van der Waals surface area (Å²) in [7, 11) is -4.21. The molecule has 1 aromatic rings. The average molecular weight is 821 g/mol. The zero-order chi connectivity index (χ0) is 42.3. The number of hydrogen-bond acceptors (Lipinski definition) is 4. The van der Waals surface area contributed by atoms with Crippen molar-refractivity contribution in [1.29, 1.82) is 0 Å². The predicted octanol–water partition coefficient (Wildman–Crippen LogP) is 17.6. The summed E-state index contributed by atoms with van der Waals surface area (Å²) in [6.45, 7) is 17.5. The molecule has 0 spiro atoms. The van der Waals surface area contributed by atoms with Gasteiger partial charge in [-0.2, -0.15) is 0 Å². The number of phenolic OH excluding ortho intramolecular Hbond substituents is 1. The maximum Gasteiger partial charge on any atom is 0.472 e. The lowest BCUT2D eigenvalue weighted by Crippen LogP contribution is -2.20. The molecule has 0 aliphatic rings. The van der Waals surface area contributed by atoms with Gasteiger partial charge in [0.05, 0.1) is 12.7 Å². The van der Waals surface area contributed by atoms with E-state index in [1.807, 2.05) is 0 Å². The van der Waals surface area contributed by atoms with E-state index in [1.54, 1.807) is 0 Å². The summed E-state index contributed by atoms with van der Waals surface area (Å²) in [5, 5.41) is 11.3. The number of hydrogen-bond donors (Lipinski definition) is 2. The molecule has 57 heavy (non-hydrogen) atoms. The first-order valence-corrected chi connectivity index (χ1v) is 26.2. The fraction of sp³-hybridized carbons (Fsp3) is 0.882. The van der Waals surface area contributed by atoms with Gasteiger partial charge in [-0.1, -0.05) is 260 Å². The SMILES string of the molecule is CCCCCCCCCCCCCCCCCCOP(=O)(O)OC(CCCCCCCCCCCCCCCCC)Cc1cc(C(C)(C)C)c(O)c(C(C)(C)C)c1. The van der Waals surface area contributed by atoms with Crippen molar-refractivity contribution in [3.8, 4) is 5.75 Å². The van der Waals surface area contributed by atoms with E-state index in [9.17, 15) is 14.6 Å². The van der Waals surface area contributed by atoms with Crippen LogP contribution >= 0.6 is 7.82 Å². The second-order valence-electron chi connectivity index (χ2n) is 19.8. The number of phosphoric acid groups is 1. The van der Waals surface area contributed by atoms with Crippen LogP contribution in [0.3, 0.4) is 0 Å². The lowest BCUT2D eigenvalue weighted by molar-refractivity contribution is 0.0963. The van der Waals surface area contributed by atoms with Crippen molar-refractivity contribution < 1.29 is 23.6 Å². The Balaban J connectivity index is 2.54. The van der Waals surface area contributed by atoms with Gasteiger partial charge in [-0.25, -0.2) is 4.57 Å². The molecule has 0 saturated carbocycles. The van der Waals surface area contributed by atoms with Gasteiger partial charge >= 0.3 is 7.82 Å². The van der Waals surface area contributed by atoms with E-state index in [-0.39, 0.29) is 17.4 Å². The second kappa shape index (κ2) is 32.8. The maximum atomic E-state index is 13.3. The van der Waals surface area contributed by atoms with Gasteiger partial charge < -0.3 is 10.00 Å². The molecule has 0 fully saturated rings. The summed E-state index contributed by atoms with van der Waals surface area (Å²) >= 11 is 0. The zero-order valence-electron chi connectivity index (χ0n) is 39.3. The molecule has 0 radical (unpaired) electrons. The first-order valence-electron chi connectivity index (χ1n) is 24.7. The minimum atomic E-state index is -4.21. The van der Waals surface area contributed by atoms with Crippen molar-refractivity contribution in [3.63, 3.8) is 0 Å². The van der Waals surface area contributed by atoms with E-state index in [4.69, 9.17) is 9.05 Å². The minimum absolute atomic E-state index is 0.243. The van der Waals surface area contributed by atoms with Gasteiger partial charge in [0.1, 0.15) is 5.75 Å². The Morgan fingerprint density at radius 1 is 0.509 bits per heavy atom. The van der Waals surface area contributed by atoms with Crippen molar-refractivity contribution in [3.05, 3.63) is 28.8 Å². The molecule has 0 aromatic heterocycles. The largest absolute Gasteiger partial charge is 0.507 e. The number of phenols is 1. The summed E-state index contributed by atoms with van der Waals surface area (Å²) in [5.41, 5.74) is 2.36. The molecule has 0 bridgehead atoms. The Morgan fingerprint density at radius 3 is 1.12 bits per heavy atom. The highest BCUT2D eigenvalue weighted by atomic mass is 31.2. The standard InChI is InChI=1S/C51H97O5P/c1-9-11-13-15-17-19-21-23-25-27-29-31-33-35-37-39-41-55-57(53,54)56-46(40-38-36-34-32-30-28-26-24-22-20-18-16-14-12-10-2)42-45-43-47(50(3,4)5)49(52)48(44-45)51(6,7)8/h43-44,46,52H,9-42H2,1-8H3,(H,53,54). The van der Waals surface area contributed by atoms with Crippen molar-refractivity contribution in [2.24, 2.45) is 0 Å². The quantitative estimate of drug-likeness (QED) is 0.0513. The first-order chi connectivity index (χ1) is 27.2. The normalized spacial score (nSPS) is 14.0. The van der Waals surface area contributed by atoms with Gasteiger partial charge in [0.2, 0.25) is 0 Å². The van der Waals surface area contributed by atoms with E-state index < -0.39 is 13.9 Å². The fourth-order valence-corrected chi connectivity index (χ4v) is 9.18. The minimum Gasteiger partial charge on any atom is -0.507 e. The van der Waals surface area contributed by atoms with E-state index in [2.05, 4.69) is 67.5 Å². The smallest absolute Gasteiger partial charge is 0.472 e. The molecule has 1 rings (SSSR count). The summed E-state index contributed by atoms with van der Waals surface area (Å²) in [6, 6.07) is 4.15. The van der Waals surface area contributed by atoms with Crippen LogP contribution in [0.15, 0.2) is 12.1 Å². The molecule has 0 aliphatic carbocycles. The molecule has 0 heterocycles. The molecule has 0 amide bonds. The van der Waals surface area contributed by atoms with Crippen molar-refractivity contribution in [2.45, 2.75) is 284 Å². The molecule has 336 valence electrons. The van der Waals surface area contributed by atoms with Gasteiger partial charge in [-0.15, -0.1) is 0 Å². The third-order valence-electron chi connectivity index (χ3n) is 11.9. The van der Waals surface area contributed by atoms with Crippen molar-refractivity contribution in [2.75, 3.05) is 6.61 Å². The maximum absolute atomic E-state index is 13.3. The van der Waals surface area contributed by atoms with Gasteiger partial charge in [0, 0.05) is 0 Å². The third-order valence-corrected chi connectivity index (χ3v) is 13.0. The lowest BCUT2D eigenvalue weighted by atomic mass is 9.78. The Hall–Kier alpha value is -0.870. The number of aromatic hydroxyl groups is 1. The monoisotopic (exact) mass is 821 g/mol. The molecule has 2 N–H and O–H groups in total.